The number of phenols is 2. The standard InChI is InChI=1S/C38H42N4O6/c1-3-15-41-17-13-35-29-21-5-7-25(43)31(29)47-33(35)23(9-11-37(35,45)27(41)19-21)39-40-24-10-12-38(46)28-20-22-6-8-26(44)32-30(22)36(38,34(24)48-32)14-18-42(28)16-4-2/h3-8,27-28,33-34,43-46H,1-2,9-20H2/t27-,28-,33-,34-,35+,36+,37-,38-/m1/s1. The van der Waals surface area contributed by atoms with Crippen molar-refractivity contribution in [3.8, 4) is 23.0 Å². The van der Waals surface area contributed by atoms with Crippen molar-refractivity contribution in [1.29, 1.82) is 0 Å². The Balaban J connectivity index is 1.08. The summed E-state index contributed by atoms with van der Waals surface area (Å²) < 4.78 is 13.3. The van der Waals surface area contributed by atoms with Crippen LogP contribution in [-0.2, 0) is 23.7 Å². The number of phenolic OH excluding ortho intramolecular Hbond substituents is 2. The average Bonchev–Trinajstić information content (AvgIpc) is 3.61. The highest BCUT2D eigenvalue weighted by Gasteiger charge is 2.74. The number of piperidine rings is 2. The summed E-state index contributed by atoms with van der Waals surface area (Å²) in [6.45, 7) is 10.9. The third-order valence-electron chi connectivity index (χ3n) is 13.8. The number of aromatic hydroxyl groups is 2. The molecule has 8 aliphatic rings. The van der Waals surface area contributed by atoms with Crippen molar-refractivity contribution in [1.82, 2.24) is 9.80 Å². The fourth-order valence-electron chi connectivity index (χ4n) is 12.0. The van der Waals surface area contributed by atoms with Crippen molar-refractivity contribution in [2.45, 2.75) is 97.7 Å². The Morgan fingerprint density at radius 1 is 0.708 bits per heavy atom. The van der Waals surface area contributed by atoms with Crippen molar-refractivity contribution in [2.75, 3.05) is 26.2 Å². The Hall–Kier alpha value is -3.70. The van der Waals surface area contributed by atoms with Gasteiger partial charge in [0, 0.05) is 49.4 Å². The second-order valence-electron chi connectivity index (χ2n) is 15.4. The first-order valence-corrected chi connectivity index (χ1v) is 17.5. The number of rotatable bonds is 5. The van der Waals surface area contributed by atoms with Gasteiger partial charge in [-0.15, -0.1) is 13.2 Å². The van der Waals surface area contributed by atoms with Crippen molar-refractivity contribution in [3.63, 3.8) is 0 Å². The molecular weight excluding hydrogens is 608 g/mol. The lowest BCUT2D eigenvalue weighted by atomic mass is 9.48. The van der Waals surface area contributed by atoms with Gasteiger partial charge in [0.1, 0.15) is 0 Å². The summed E-state index contributed by atoms with van der Waals surface area (Å²) in [5.74, 6) is 1.11. The van der Waals surface area contributed by atoms with E-state index in [2.05, 4.69) is 23.0 Å². The molecule has 2 saturated heterocycles. The minimum absolute atomic E-state index is 0.0885. The molecule has 0 unspecified atom stereocenters. The van der Waals surface area contributed by atoms with Crippen LogP contribution in [0.5, 0.6) is 23.0 Å². The van der Waals surface area contributed by atoms with E-state index >= 15 is 0 Å². The lowest BCUT2D eigenvalue weighted by Gasteiger charge is -2.63. The van der Waals surface area contributed by atoms with Gasteiger partial charge >= 0.3 is 0 Å². The van der Waals surface area contributed by atoms with E-state index in [1.807, 2.05) is 24.3 Å². The quantitative estimate of drug-likeness (QED) is 0.287. The second kappa shape index (κ2) is 9.50. The summed E-state index contributed by atoms with van der Waals surface area (Å²) in [5.41, 5.74) is 1.99. The molecule has 48 heavy (non-hydrogen) atoms. The van der Waals surface area contributed by atoms with E-state index in [0.717, 1.165) is 46.8 Å². The number of nitrogens with zero attached hydrogens (tertiary/aromatic N) is 4. The molecule has 0 radical (unpaired) electrons. The van der Waals surface area contributed by atoms with Crippen LogP contribution in [0.3, 0.4) is 0 Å². The van der Waals surface area contributed by atoms with E-state index in [0.29, 0.717) is 76.0 Å². The SMILES string of the molecule is C=CCN1CC[C@]23c4c5ccc(O)c4O[C@@H]2C(=NN=C2CC[C@@]4(O)[C@H]6Cc7ccc(O)c8c7[C@@]4(CCN6CC=C)[C@@H]2O8)CC[C@@]3(O)[C@H]1C5. The molecule has 4 N–H and O–H groups in total. The number of ether oxygens (including phenoxy) is 2. The molecule has 4 heterocycles. The zero-order chi connectivity index (χ0) is 32.8. The minimum atomic E-state index is -1.06. The maximum atomic E-state index is 12.7. The predicted octanol–water partition coefficient (Wildman–Crippen LogP) is 3.28. The van der Waals surface area contributed by atoms with Gasteiger partial charge in [-0.2, -0.15) is 10.2 Å². The Bertz CT molecular complexity index is 1740. The number of hydrogen-bond donors (Lipinski definition) is 4. The highest BCUT2D eigenvalue weighted by atomic mass is 16.5. The van der Waals surface area contributed by atoms with Crippen molar-refractivity contribution in [3.05, 3.63) is 71.8 Å². The van der Waals surface area contributed by atoms with E-state index in [4.69, 9.17) is 19.7 Å². The monoisotopic (exact) mass is 650 g/mol. The van der Waals surface area contributed by atoms with Crippen LogP contribution < -0.4 is 9.47 Å². The maximum Gasteiger partial charge on any atom is 0.166 e. The Labute approximate surface area is 279 Å². The molecule has 10 heteroatoms. The van der Waals surface area contributed by atoms with Gasteiger partial charge in [-0.3, -0.25) is 9.80 Å². The van der Waals surface area contributed by atoms with Gasteiger partial charge in [-0.1, -0.05) is 24.3 Å². The molecule has 4 aliphatic heterocycles. The highest BCUT2D eigenvalue weighted by molar-refractivity contribution is 5.97. The highest BCUT2D eigenvalue weighted by Crippen LogP contribution is 2.66. The molecule has 2 aromatic carbocycles. The molecular formula is C38H42N4O6. The van der Waals surface area contributed by atoms with Gasteiger partial charge in [0.25, 0.3) is 0 Å². The Morgan fingerprint density at radius 2 is 1.15 bits per heavy atom. The number of hydrogen-bond acceptors (Lipinski definition) is 10. The van der Waals surface area contributed by atoms with Gasteiger partial charge in [-0.25, -0.2) is 0 Å². The molecule has 10 rings (SSSR count). The van der Waals surface area contributed by atoms with Crippen LogP contribution in [0, 0.1) is 0 Å². The molecule has 4 aliphatic carbocycles. The minimum Gasteiger partial charge on any atom is -0.504 e. The number of benzene rings is 2. The topological polar surface area (TPSA) is 131 Å². The molecule has 4 bridgehead atoms. The zero-order valence-corrected chi connectivity index (χ0v) is 27.1. The Kier molecular flexibility index (Phi) is 5.79. The maximum absolute atomic E-state index is 12.7. The molecule has 0 amide bonds. The summed E-state index contributed by atoms with van der Waals surface area (Å²) in [5, 5.41) is 57.4. The molecule has 250 valence electrons. The van der Waals surface area contributed by atoms with E-state index in [9.17, 15) is 20.4 Å². The van der Waals surface area contributed by atoms with Crippen molar-refractivity contribution >= 4 is 11.4 Å². The summed E-state index contributed by atoms with van der Waals surface area (Å²) in [6, 6.07) is 7.18. The van der Waals surface area contributed by atoms with Gasteiger partial charge in [0.15, 0.2) is 35.2 Å². The first-order valence-electron chi connectivity index (χ1n) is 17.5. The predicted molar refractivity (Wildman–Crippen MR) is 179 cm³/mol. The Morgan fingerprint density at radius 3 is 1.56 bits per heavy atom. The van der Waals surface area contributed by atoms with Crippen LogP contribution in [0.2, 0.25) is 0 Å². The normalized spacial score (nSPS) is 41.4. The number of aliphatic hydroxyl groups is 2. The first kappa shape index (κ1) is 29.2. The largest absolute Gasteiger partial charge is 0.504 e. The smallest absolute Gasteiger partial charge is 0.166 e. The van der Waals surface area contributed by atoms with Crippen LogP contribution in [0.1, 0.15) is 60.8 Å². The van der Waals surface area contributed by atoms with Gasteiger partial charge in [-0.05, 0) is 74.6 Å². The zero-order valence-electron chi connectivity index (χ0n) is 27.1. The first-order chi connectivity index (χ1) is 23.2. The fourth-order valence-corrected chi connectivity index (χ4v) is 12.0. The van der Waals surface area contributed by atoms with E-state index in [-0.39, 0.29) is 23.6 Å². The molecule has 2 saturated carbocycles. The van der Waals surface area contributed by atoms with Crippen LogP contribution >= 0.6 is 0 Å². The summed E-state index contributed by atoms with van der Waals surface area (Å²) in [4.78, 5) is 4.68. The lowest BCUT2D eigenvalue weighted by Crippen LogP contribution is -2.76. The molecule has 2 spiro atoms. The van der Waals surface area contributed by atoms with Gasteiger partial charge in [0.05, 0.1) is 33.5 Å². The van der Waals surface area contributed by atoms with E-state index in [1.54, 1.807) is 12.1 Å². The van der Waals surface area contributed by atoms with Crippen LogP contribution in [-0.4, -0.2) is 103 Å². The third kappa shape index (κ3) is 3.15. The van der Waals surface area contributed by atoms with Gasteiger partial charge in [0.2, 0.25) is 0 Å². The van der Waals surface area contributed by atoms with E-state index < -0.39 is 34.2 Å². The number of likely N-dealkylation sites (tertiary alicyclic amines) is 2. The molecule has 10 nitrogen and oxygen atoms in total. The van der Waals surface area contributed by atoms with Crippen LogP contribution in [0.15, 0.2) is 59.8 Å². The lowest BCUT2D eigenvalue weighted by molar-refractivity contribution is -0.164. The van der Waals surface area contributed by atoms with Crippen LogP contribution in [0.25, 0.3) is 0 Å². The third-order valence-corrected chi connectivity index (χ3v) is 13.8. The van der Waals surface area contributed by atoms with Crippen LogP contribution in [0.4, 0.5) is 0 Å². The fraction of sp³-hybridized carbons (Fsp3) is 0.526. The average molecular weight is 651 g/mol. The van der Waals surface area contributed by atoms with Crippen molar-refractivity contribution in [2.24, 2.45) is 10.2 Å². The summed E-state index contributed by atoms with van der Waals surface area (Å²) in [7, 11) is 0. The van der Waals surface area contributed by atoms with E-state index in [1.165, 1.54) is 0 Å². The molecule has 8 atom stereocenters. The summed E-state index contributed by atoms with van der Waals surface area (Å²) in [6.07, 6.45) is 7.42. The van der Waals surface area contributed by atoms with Gasteiger partial charge < -0.3 is 29.9 Å². The molecule has 4 fully saturated rings. The molecule has 2 aromatic rings. The molecule has 0 aromatic heterocycles. The van der Waals surface area contributed by atoms with Crippen molar-refractivity contribution < 1.29 is 29.9 Å². The summed E-state index contributed by atoms with van der Waals surface area (Å²) >= 11 is 0. The second-order valence-corrected chi connectivity index (χ2v) is 15.4.